The Balaban J connectivity index is 1.20. The van der Waals surface area contributed by atoms with Crippen LogP contribution in [0.3, 0.4) is 0 Å². The average Bonchev–Trinajstić information content (AvgIpc) is 3.35. The van der Waals surface area contributed by atoms with Crippen molar-refractivity contribution in [3.05, 3.63) is 89.1 Å². The Labute approximate surface area is 238 Å². The fourth-order valence-electron chi connectivity index (χ4n) is 5.73. The van der Waals surface area contributed by atoms with Gasteiger partial charge < -0.3 is 9.64 Å². The van der Waals surface area contributed by atoms with E-state index in [0.717, 1.165) is 53.5 Å². The van der Waals surface area contributed by atoms with E-state index in [1.807, 2.05) is 49.2 Å². The number of carbonyl (C=O) groups is 1. The molecule has 2 aromatic rings. The molecule has 1 aromatic heterocycles. The summed E-state index contributed by atoms with van der Waals surface area (Å²) in [4.78, 5) is 21.0. The zero-order chi connectivity index (χ0) is 29.0. The van der Waals surface area contributed by atoms with Crippen molar-refractivity contribution in [1.82, 2.24) is 19.6 Å². The molecule has 41 heavy (non-hydrogen) atoms. The van der Waals surface area contributed by atoms with E-state index in [4.69, 9.17) is 9.84 Å². The number of halogens is 2. The first kappa shape index (κ1) is 28.2. The normalized spacial score (nSPS) is 19.2. The Morgan fingerprint density at radius 1 is 1.24 bits per heavy atom. The third-order valence-corrected chi connectivity index (χ3v) is 7.88. The van der Waals surface area contributed by atoms with Gasteiger partial charge in [0.2, 0.25) is 0 Å². The number of allylic oxidation sites excluding steroid dienone is 5. The number of ether oxygens (including phenoxy) is 1. The number of nitriles is 1. The molecule has 2 saturated heterocycles. The topological polar surface area (TPSA) is 86.8 Å². The van der Waals surface area contributed by atoms with E-state index < -0.39 is 23.3 Å². The lowest BCUT2D eigenvalue weighted by molar-refractivity contribution is -0.0426. The van der Waals surface area contributed by atoms with Crippen molar-refractivity contribution in [2.24, 2.45) is 4.99 Å². The second kappa shape index (κ2) is 12.0. The van der Waals surface area contributed by atoms with Gasteiger partial charge in [-0.25, -0.2) is 13.6 Å². The number of aliphatic imine (C=N–C) groups is 1. The molecule has 0 N–H and O–H groups in total. The zero-order valence-corrected chi connectivity index (χ0v) is 23.2. The summed E-state index contributed by atoms with van der Waals surface area (Å²) >= 11 is 0. The molecular formula is C31H32F2N6O2. The van der Waals surface area contributed by atoms with Crippen molar-refractivity contribution in [1.29, 1.82) is 5.26 Å². The molecule has 8 nitrogen and oxygen atoms in total. The molecule has 212 valence electrons. The van der Waals surface area contributed by atoms with Crippen molar-refractivity contribution in [2.45, 2.75) is 51.3 Å². The summed E-state index contributed by atoms with van der Waals surface area (Å²) in [5, 5.41) is 14.4. The summed E-state index contributed by atoms with van der Waals surface area (Å²) in [5.41, 5.74) is 6.78. The van der Waals surface area contributed by atoms with Crippen molar-refractivity contribution in [3.63, 3.8) is 0 Å². The first-order chi connectivity index (χ1) is 19.8. The predicted octanol–water partition coefficient (Wildman–Crippen LogP) is 5.36. The van der Waals surface area contributed by atoms with Crippen LogP contribution in [0.5, 0.6) is 0 Å². The van der Waals surface area contributed by atoms with Crippen molar-refractivity contribution in [2.75, 3.05) is 26.2 Å². The van der Waals surface area contributed by atoms with Gasteiger partial charge in [-0.1, -0.05) is 12.2 Å². The van der Waals surface area contributed by atoms with Crippen LogP contribution < -0.4 is 0 Å². The van der Waals surface area contributed by atoms with Crippen LogP contribution in [0.1, 0.15) is 44.2 Å². The Bertz CT molecular complexity index is 1490. The molecule has 3 aliphatic heterocycles. The fourth-order valence-corrected chi connectivity index (χ4v) is 5.73. The van der Waals surface area contributed by atoms with Gasteiger partial charge in [0.1, 0.15) is 23.8 Å². The van der Waals surface area contributed by atoms with E-state index in [9.17, 15) is 18.8 Å². The van der Waals surface area contributed by atoms with Gasteiger partial charge in [-0.15, -0.1) is 5.73 Å². The standard InChI is InChI=1S/C31H32F2N6O2/c1-3-5-28-22(2)35-11-4-6-29(28)24-17-36-39(18-24)31(9-10-34)20-38(21-31)27-7-12-37(13-8-27)30(40)41-19-23-14-25(32)16-26(33)15-23/h3,5-6,11,14-18,27H,7-9,12-13,19-21H2,1-2H3/b5-3-. The highest BCUT2D eigenvalue weighted by atomic mass is 19.1. The van der Waals surface area contributed by atoms with E-state index in [1.54, 1.807) is 11.1 Å². The van der Waals surface area contributed by atoms with Gasteiger partial charge >= 0.3 is 6.09 Å². The van der Waals surface area contributed by atoms with Crippen LogP contribution in [0.25, 0.3) is 5.57 Å². The third kappa shape index (κ3) is 6.07. The van der Waals surface area contributed by atoms with Crippen LogP contribution in [0.15, 0.2) is 71.3 Å². The number of carbonyl (C=O) groups excluding carboxylic acids is 1. The minimum absolute atomic E-state index is 0.187. The van der Waals surface area contributed by atoms with Gasteiger partial charge in [-0.3, -0.25) is 14.6 Å². The van der Waals surface area contributed by atoms with E-state index >= 15 is 0 Å². The van der Waals surface area contributed by atoms with Crippen LogP contribution in [-0.4, -0.2) is 63.6 Å². The first-order valence-electron chi connectivity index (χ1n) is 13.7. The van der Waals surface area contributed by atoms with Gasteiger partial charge in [-0.2, -0.15) is 10.4 Å². The lowest BCUT2D eigenvalue weighted by atomic mass is 9.84. The molecule has 0 spiro atoms. The van der Waals surface area contributed by atoms with Gasteiger partial charge in [0.25, 0.3) is 0 Å². The molecule has 0 aliphatic carbocycles. The molecule has 0 radical (unpaired) electrons. The number of benzene rings is 1. The summed E-state index contributed by atoms with van der Waals surface area (Å²) < 4.78 is 34.0. The smallest absolute Gasteiger partial charge is 0.410 e. The second-order valence-electron chi connectivity index (χ2n) is 10.7. The Hall–Kier alpha value is -4.32. The molecule has 2 fully saturated rings. The summed E-state index contributed by atoms with van der Waals surface area (Å²) in [6, 6.07) is 5.71. The van der Waals surface area contributed by atoms with E-state index in [-0.39, 0.29) is 18.2 Å². The largest absolute Gasteiger partial charge is 0.445 e. The monoisotopic (exact) mass is 558 g/mol. The van der Waals surface area contributed by atoms with Crippen LogP contribution in [0.4, 0.5) is 13.6 Å². The molecule has 4 heterocycles. The molecule has 1 aromatic carbocycles. The summed E-state index contributed by atoms with van der Waals surface area (Å²) in [6.45, 7) is 6.19. The average molecular weight is 559 g/mol. The lowest BCUT2D eigenvalue weighted by Crippen LogP contribution is -2.66. The number of hydrogen-bond acceptors (Lipinski definition) is 6. The quantitative estimate of drug-likeness (QED) is 0.427. The summed E-state index contributed by atoms with van der Waals surface area (Å²) in [5.74, 6) is -1.41. The predicted molar refractivity (Wildman–Crippen MR) is 151 cm³/mol. The van der Waals surface area contributed by atoms with Gasteiger partial charge in [0.05, 0.1) is 24.9 Å². The minimum atomic E-state index is -0.705. The maximum atomic E-state index is 13.4. The number of nitrogens with zero attached hydrogens (tertiary/aromatic N) is 6. The SMILES string of the molecule is C/C=C\C1=C(c2cnn(C3(CC#N)CN(C4CCN(C(=O)OCc5cc(F)cc(F)c5)CC4)C3)c2)C=C=CN=C1C. The highest BCUT2D eigenvalue weighted by molar-refractivity contribution is 6.09. The maximum absolute atomic E-state index is 13.4. The second-order valence-corrected chi connectivity index (χ2v) is 10.7. The van der Waals surface area contributed by atoms with Crippen LogP contribution in [0.2, 0.25) is 0 Å². The number of aromatic nitrogens is 2. The van der Waals surface area contributed by atoms with Crippen molar-refractivity contribution >= 4 is 17.4 Å². The van der Waals surface area contributed by atoms with Gasteiger partial charge in [0.15, 0.2) is 0 Å². The van der Waals surface area contributed by atoms with E-state index in [0.29, 0.717) is 32.6 Å². The number of hydrogen-bond donors (Lipinski definition) is 0. The number of piperidine rings is 1. The Morgan fingerprint density at radius 3 is 2.66 bits per heavy atom. The Morgan fingerprint density at radius 2 is 1.98 bits per heavy atom. The maximum Gasteiger partial charge on any atom is 0.410 e. The fraction of sp³-hybridized carbons (Fsp3) is 0.387. The summed E-state index contributed by atoms with van der Waals surface area (Å²) in [6.07, 6.45) is 12.8. The molecule has 10 heteroatoms. The number of likely N-dealkylation sites (tertiary alicyclic amines) is 2. The van der Waals surface area contributed by atoms with E-state index in [1.165, 1.54) is 0 Å². The van der Waals surface area contributed by atoms with Crippen molar-refractivity contribution in [3.8, 4) is 6.07 Å². The van der Waals surface area contributed by atoms with Gasteiger partial charge in [0, 0.05) is 66.9 Å². The molecule has 0 bridgehead atoms. The molecule has 0 atom stereocenters. The van der Waals surface area contributed by atoms with Crippen molar-refractivity contribution < 1.29 is 18.3 Å². The molecule has 5 rings (SSSR count). The van der Waals surface area contributed by atoms with Crippen LogP contribution in [-0.2, 0) is 16.9 Å². The molecule has 1 amide bonds. The molecule has 0 saturated carbocycles. The number of amides is 1. The van der Waals surface area contributed by atoms with E-state index in [2.05, 4.69) is 21.7 Å². The van der Waals surface area contributed by atoms with Crippen LogP contribution >= 0.6 is 0 Å². The molecule has 0 unspecified atom stereocenters. The highest BCUT2D eigenvalue weighted by Crippen LogP contribution is 2.37. The third-order valence-electron chi connectivity index (χ3n) is 7.88. The first-order valence-corrected chi connectivity index (χ1v) is 13.7. The lowest BCUT2D eigenvalue weighted by Gasteiger charge is -2.53. The van der Waals surface area contributed by atoms with Crippen LogP contribution in [0, 0.1) is 23.0 Å². The molecular weight excluding hydrogens is 526 g/mol. The molecule has 3 aliphatic rings. The highest BCUT2D eigenvalue weighted by Gasteiger charge is 2.48. The minimum Gasteiger partial charge on any atom is -0.445 e. The Kier molecular flexibility index (Phi) is 8.29. The van der Waals surface area contributed by atoms with Gasteiger partial charge in [-0.05, 0) is 50.5 Å². The zero-order valence-electron chi connectivity index (χ0n) is 23.2. The number of rotatable bonds is 7. The summed E-state index contributed by atoms with van der Waals surface area (Å²) in [7, 11) is 0.